The van der Waals surface area contributed by atoms with Gasteiger partial charge in [-0.25, -0.2) is 0 Å². The van der Waals surface area contributed by atoms with Gasteiger partial charge in [0.15, 0.2) is 5.78 Å². The van der Waals surface area contributed by atoms with E-state index in [9.17, 15) is 4.79 Å². The average Bonchev–Trinajstić information content (AvgIpc) is 2.82. The van der Waals surface area contributed by atoms with E-state index in [1.165, 1.54) is 16.9 Å². The Bertz CT molecular complexity index is 643. The van der Waals surface area contributed by atoms with E-state index in [0.29, 0.717) is 10.6 Å². The molecule has 0 aliphatic heterocycles. The van der Waals surface area contributed by atoms with Gasteiger partial charge in [-0.3, -0.25) is 4.79 Å². The van der Waals surface area contributed by atoms with Gasteiger partial charge in [-0.1, -0.05) is 0 Å². The number of rotatable bonds is 3. The molecule has 0 spiro atoms. The van der Waals surface area contributed by atoms with Crippen LogP contribution in [0.4, 0.5) is 5.00 Å². The second kappa shape index (κ2) is 5.29. The van der Waals surface area contributed by atoms with Crippen molar-refractivity contribution in [3.8, 4) is 5.75 Å². The minimum atomic E-state index is 0.0320. The minimum absolute atomic E-state index is 0.0320. The summed E-state index contributed by atoms with van der Waals surface area (Å²) in [6.45, 7) is 0. The summed E-state index contributed by atoms with van der Waals surface area (Å²) in [5.41, 5.74) is 8.67. The zero-order chi connectivity index (χ0) is 14.1. The molecule has 0 saturated carbocycles. The van der Waals surface area contributed by atoms with E-state index in [4.69, 9.17) is 10.5 Å². The maximum atomic E-state index is 12.7. The van der Waals surface area contributed by atoms with Crippen LogP contribution in [0, 0.1) is 0 Å². The minimum Gasteiger partial charge on any atom is -0.497 e. The number of fused-ring (bicyclic) bond motifs is 1. The first-order valence-corrected chi connectivity index (χ1v) is 7.61. The topological polar surface area (TPSA) is 52.3 Å². The van der Waals surface area contributed by atoms with Crippen LogP contribution in [-0.4, -0.2) is 12.9 Å². The third-order valence-corrected chi connectivity index (χ3v) is 4.90. The van der Waals surface area contributed by atoms with Gasteiger partial charge in [0.2, 0.25) is 0 Å². The number of carbonyl (C=O) groups excluding carboxylic acids is 1. The summed E-state index contributed by atoms with van der Waals surface area (Å²) in [4.78, 5) is 14.0. The number of methoxy groups -OCH3 is 1. The van der Waals surface area contributed by atoms with Crippen molar-refractivity contribution in [2.24, 2.45) is 0 Å². The molecule has 3 rings (SSSR count). The highest BCUT2D eigenvalue weighted by atomic mass is 32.1. The molecule has 1 heterocycles. The maximum Gasteiger partial charge on any atom is 0.196 e. The van der Waals surface area contributed by atoms with Crippen molar-refractivity contribution in [2.45, 2.75) is 25.7 Å². The van der Waals surface area contributed by atoms with Crippen LogP contribution in [0.1, 0.15) is 39.2 Å². The number of carbonyl (C=O) groups is 1. The van der Waals surface area contributed by atoms with E-state index in [1.54, 1.807) is 30.6 Å². The Balaban J connectivity index is 1.99. The van der Waals surface area contributed by atoms with Gasteiger partial charge in [0.1, 0.15) is 5.75 Å². The molecule has 1 aliphatic carbocycles. The van der Waals surface area contributed by atoms with Crippen molar-refractivity contribution < 1.29 is 9.53 Å². The Morgan fingerprint density at radius 3 is 2.60 bits per heavy atom. The molecular formula is C16H17NO2S. The lowest BCUT2D eigenvalue weighted by Crippen LogP contribution is -2.09. The van der Waals surface area contributed by atoms with Gasteiger partial charge in [0.25, 0.3) is 0 Å². The summed E-state index contributed by atoms with van der Waals surface area (Å²) in [6.07, 6.45) is 4.37. The number of nitrogen functional groups attached to an aromatic ring is 1. The summed E-state index contributed by atoms with van der Waals surface area (Å²) in [5.74, 6) is 0.784. The van der Waals surface area contributed by atoms with E-state index in [2.05, 4.69) is 0 Å². The van der Waals surface area contributed by atoms with Crippen molar-refractivity contribution in [2.75, 3.05) is 12.8 Å². The number of ether oxygens (including phenoxy) is 1. The van der Waals surface area contributed by atoms with Gasteiger partial charge in [-0.2, -0.15) is 0 Å². The molecule has 0 fully saturated rings. The van der Waals surface area contributed by atoms with E-state index in [-0.39, 0.29) is 5.78 Å². The molecule has 1 aliphatic rings. The van der Waals surface area contributed by atoms with Gasteiger partial charge in [0.05, 0.1) is 17.7 Å². The molecule has 20 heavy (non-hydrogen) atoms. The first-order chi connectivity index (χ1) is 9.70. The first-order valence-electron chi connectivity index (χ1n) is 6.79. The monoisotopic (exact) mass is 287 g/mol. The second-order valence-electron chi connectivity index (χ2n) is 5.01. The molecule has 0 atom stereocenters. The normalized spacial score (nSPS) is 13.8. The molecule has 4 heteroatoms. The Labute approximate surface area is 122 Å². The fourth-order valence-corrected chi connectivity index (χ4v) is 3.88. The molecule has 0 saturated heterocycles. The highest BCUT2D eigenvalue weighted by Crippen LogP contribution is 2.37. The van der Waals surface area contributed by atoms with Crippen LogP contribution in [0.15, 0.2) is 24.3 Å². The van der Waals surface area contributed by atoms with E-state index in [0.717, 1.165) is 30.6 Å². The van der Waals surface area contributed by atoms with Gasteiger partial charge in [-0.15, -0.1) is 11.3 Å². The van der Waals surface area contributed by atoms with Gasteiger partial charge in [-0.05, 0) is 55.5 Å². The molecular weight excluding hydrogens is 270 g/mol. The van der Waals surface area contributed by atoms with Crippen LogP contribution < -0.4 is 10.5 Å². The standard InChI is InChI=1S/C16H17NO2S/c1-19-11-8-6-10(7-9-11)15(18)14-12-4-2-3-5-13(12)20-16(14)17/h6-9H,2-5,17H2,1H3. The lowest BCUT2D eigenvalue weighted by molar-refractivity contribution is 0.103. The summed E-state index contributed by atoms with van der Waals surface area (Å²) in [7, 11) is 1.62. The van der Waals surface area contributed by atoms with Crippen molar-refractivity contribution in [1.29, 1.82) is 0 Å². The van der Waals surface area contributed by atoms with Crippen molar-refractivity contribution in [1.82, 2.24) is 0 Å². The van der Waals surface area contributed by atoms with Crippen LogP contribution in [0.3, 0.4) is 0 Å². The summed E-state index contributed by atoms with van der Waals surface area (Å²) in [6, 6.07) is 7.21. The molecule has 0 radical (unpaired) electrons. The van der Waals surface area contributed by atoms with Crippen LogP contribution in [-0.2, 0) is 12.8 Å². The lowest BCUT2D eigenvalue weighted by Gasteiger charge is -2.12. The number of thiophene rings is 1. The number of aryl methyl sites for hydroxylation is 1. The van der Waals surface area contributed by atoms with Gasteiger partial charge in [0, 0.05) is 10.4 Å². The molecule has 1 aromatic carbocycles. The van der Waals surface area contributed by atoms with Crippen molar-refractivity contribution >= 4 is 22.1 Å². The second-order valence-corrected chi connectivity index (χ2v) is 6.14. The van der Waals surface area contributed by atoms with Gasteiger partial charge < -0.3 is 10.5 Å². The first kappa shape index (κ1) is 13.2. The third kappa shape index (κ3) is 2.20. The lowest BCUT2D eigenvalue weighted by atomic mass is 9.92. The zero-order valence-electron chi connectivity index (χ0n) is 11.4. The van der Waals surface area contributed by atoms with Gasteiger partial charge >= 0.3 is 0 Å². The molecule has 0 amide bonds. The predicted molar refractivity (Wildman–Crippen MR) is 81.8 cm³/mol. The number of ketones is 1. The third-order valence-electron chi connectivity index (χ3n) is 3.78. The van der Waals surface area contributed by atoms with Crippen LogP contribution in [0.25, 0.3) is 0 Å². The number of hydrogen-bond acceptors (Lipinski definition) is 4. The maximum absolute atomic E-state index is 12.7. The molecule has 1 aromatic heterocycles. The Hall–Kier alpha value is -1.81. The fraction of sp³-hybridized carbons (Fsp3) is 0.312. The quantitative estimate of drug-likeness (QED) is 0.880. The van der Waals surface area contributed by atoms with Crippen LogP contribution >= 0.6 is 11.3 Å². The number of nitrogens with two attached hydrogens (primary N) is 1. The van der Waals surface area contributed by atoms with Crippen LogP contribution in [0.5, 0.6) is 5.75 Å². The average molecular weight is 287 g/mol. The van der Waals surface area contributed by atoms with Crippen molar-refractivity contribution in [3.63, 3.8) is 0 Å². The molecule has 2 aromatic rings. The number of hydrogen-bond donors (Lipinski definition) is 1. The summed E-state index contributed by atoms with van der Waals surface area (Å²) in [5, 5.41) is 0.665. The Morgan fingerprint density at radius 2 is 1.90 bits per heavy atom. The molecule has 3 nitrogen and oxygen atoms in total. The van der Waals surface area contributed by atoms with E-state index >= 15 is 0 Å². The predicted octanol–water partition coefficient (Wildman–Crippen LogP) is 3.45. The fourth-order valence-electron chi connectivity index (χ4n) is 2.72. The number of benzene rings is 1. The smallest absolute Gasteiger partial charge is 0.196 e. The SMILES string of the molecule is COc1ccc(C(=O)c2c(N)sc3c2CCCC3)cc1. The molecule has 0 bridgehead atoms. The molecule has 104 valence electrons. The zero-order valence-corrected chi connectivity index (χ0v) is 12.3. The largest absolute Gasteiger partial charge is 0.497 e. The van der Waals surface area contributed by atoms with E-state index in [1.807, 2.05) is 12.1 Å². The van der Waals surface area contributed by atoms with Crippen molar-refractivity contribution in [3.05, 3.63) is 45.8 Å². The number of anilines is 1. The highest BCUT2D eigenvalue weighted by Gasteiger charge is 2.24. The highest BCUT2D eigenvalue weighted by molar-refractivity contribution is 7.16. The molecule has 0 unspecified atom stereocenters. The Morgan fingerprint density at radius 1 is 1.20 bits per heavy atom. The Kier molecular flexibility index (Phi) is 3.49. The summed E-state index contributed by atoms with van der Waals surface area (Å²) >= 11 is 1.58. The summed E-state index contributed by atoms with van der Waals surface area (Å²) < 4.78 is 5.12. The van der Waals surface area contributed by atoms with E-state index < -0.39 is 0 Å². The van der Waals surface area contributed by atoms with Crippen LogP contribution in [0.2, 0.25) is 0 Å². The molecule has 2 N–H and O–H groups in total.